The molecule has 41 heavy (non-hydrogen) atoms. The van der Waals surface area contributed by atoms with Crippen molar-refractivity contribution in [1.82, 2.24) is 4.90 Å². The zero-order valence-electron chi connectivity index (χ0n) is 23.8. The standard InChI is InChI=1S/C31H36FN3O5S/c1-21(25-10-12-27(32)13-11-25)35-14-6-9-22-7-5-8-23(15-22)19-31(2,33)30(37)40-20-24-16-26(29(35)36)18-28(17-24)34(3)41(4,38)39/h5,7-8,10-13,15-18,21H,6,9,14,19-20,33H2,1-4H3/t21-,31?/m1/s1. The smallest absolute Gasteiger partial charge is 0.326 e. The highest BCUT2D eigenvalue weighted by molar-refractivity contribution is 7.92. The predicted octanol–water partition coefficient (Wildman–Crippen LogP) is 4.37. The van der Waals surface area contributed by atoms with Crippen molar-refractivity contribution in [1.29, 1.82) is 0 Å². The second-order valence-corrected chi connectivity index (χ2v) is 13.0. The van der Waals surface area contributed by atoms with E-state index >= 15 is 0 Å². The van der Waals surface area contributed by atoms with E-state index in [1.54, 1.807) is 36.1 Å². The van der Waals surface area contributed by atoms with Gasteiger partial charge in [-0.3, -0.25) is 13.9 Å². The van der Waals surface area contributed by atoms with E-state index < -0.39 is 27.6 Å². The Hall–Kier alpha value is -3.76. The molecule has 0 spiro atoms. The molecule has 0 saturated carbocycles. The van der Waals surface area contributed by atoms with Crippen LogP contribution in [0.1, 0.15) is 58.9 Å². The van der Waals surface area contributed by atoms with E-state index in [4.69, 9.17) is 10.5 Å². The van der Waals surface area contributed by atoms with E-state index in [0.29, 0.717) is 24.9 Å². The zero-order chi connectivity index (χ0) is 29.9. The van der Waals surface area contributed by atoms with Gasteiger partial charge in [0.25, 0.3) is 5.91 Å². The normalized spacial score (nSPS) is 19.4. The number of benzene rings is 3. The van der Waals surface area contributed by atoms with Gasteiger partial charge in [0.2, 0.25) is 10.0 Å². The number of esters is 1. The summed E-state index contributed by atoms with van der Waals surface area (Å²) in [7, 11) is -2.26. The summed E-state index contributed by atoms with van der Waals surface area (Å²) in [5.41, 5.74) is 8.71. The van der Waals surface area contributed by atoms with Crippen molar-refractivity contribution in [3.05, 3.63) is 100 Å². The summed E-state index contributed by atoms with van der Waals surface area (Å²) in [6.07, 6.45) is 2.64. The quantitative estimate of drug-likeness (QED) is 0.458. The van der Waals surface area contributed by atoms with Gasteiger partial charge in [0, 0.05) is 25.6 Å². The van der Waals surface area contributed by atoms with Gasteiger partial charge >= 0.3 is 5.97 Å². The zero-order valence-corrected chi connectivity index (χ0v) is 24.6. The number of carbonyl (C=O) groups excluding carboxylic acids is 2. The Morgan fingerprint density at radius 2 is 1.71 bits per heavy atom. The van der Waals surface area contributed by atoms with Gasteiger partial charge in [0.15, 0.2) is 0 Å². The number of rotatable bonds is 4. The number of nitrogens with two attached hydrogens (primary N) is 1. The Labute approximate surface area is 241 Å². The summed E-state index contributed by atoms with van der Waals surface area (Å²) in [6, 6.07) is 18.1. The highest BCUT2D eigenvalue weighted by atomic mass is 32.2. The van der Waals surface area contributed by atoms with Crippen LogP contribution >= 0.6 is 0 Å². The number of halogens is 1. The maximum absolute atomic E-state index is 14.1. The molecule has 4 bridgehead atoms. The number of hydrogen-bond acceptors (Lipinski definition) is 6. The minimum Gasteiger partial charge on any atom is -0.459 e. The molecule has 1 aliphatic rings. The number of hydrogen-bond donors (Lipinski definition) is 1. The average molecular weight is 582 g/mol. The van der Waals surface area contributed by atoms with Gasteiger partial charge in [-0.2, -0.15) is 0 Å². The maximum atomic E-state index is 14.1. The van der Waals surface area contributed by atoms with Gasteiger partial charge in [-0.1, -0.05) is 36.4 Å². The number of sulfonamides is 1. The third-order valence-electron chi connectivity index (χ3n) is 7.43. The Morgan fingerprint density at radius 1 is 1.02 bits per heavy atom. The summed E-state index contributed by atoms with van der Waals surface area (Å²) in [4.78, 5) is 28.8. The lowest BCUT2D eigenvalue weighted by molar-refractivity contribution is -0.150. The van der Waals surface area contributed by atoms with Crippen molar-refractivity contribution in [2.45, 2.75) is 51.3 Å². The van der Waals surface area contributed by atoms with Crippen LogP contribution in [0.5, 0.6) is 0 Å². The molecule has 4 rings (SSSR count). The van der Waals surface area contributed by atoms with Gasteiger partial charge < -0.3 is 15.4 Å². The summed E-state index contributed by atoms with van der Waals surface area (Å²) >= 11 is 0. The molecule has 0 saturated heterocycles. The number of anilines is 1. The van der Waals surface area contributed by atoms with Crippen molar-refractivity contribution < 1.29 is 27.1 Å². The molecule has 1 unspecified atom stereocenters. The number of aryl methyl sites for hydroxylation is 1. The van der Waals surface area contributed by atoms with Gasteiger partial charge in [0.05, 0.1) is 18.0 Å². The second-order valence-electron chi connectivity index (χ2n) is 10.9. The number of carbonyl (C=O) groups is 2. The van der Waals surface area contributed by atoms with Crippen molar-refractivity contribution in [3.8, 4) is 0 Å². The van der Waals surface area contributed by atoms with Crippen LogP contribution in [-0.4, -0.2) is 50.6 Å². The Morgan fingerprint density at radius 3 is 2.39 bits per heavy atom. The molecule has 218 valence electrons. The molecule has 1 amide bonds. The van der Waals surface area contributed by atoms with E-state index in [-0.39, 0.29) is 36.0 Å². The van der Waals surface area contributed by atoms with Crippen molar-refractivity contribution in [3.63, 3.8) is 0 Å². The first-order valence-electron chi connectivity index (χ1n) is 13.4. The van der Waals surface area contributed by atoms with Gasteiger partial charge in [0.1, 0.15) is 18.0 Å². The SMILES string of the molecule is C[C@H](c1ccc(F)cc1)N1CCCc2cccc(c2)CC(C)(N)C(=O)OCc2cc(cc(N(C)S(C)(=O)=O)c2)C1=O. The fraction of sp³-hybridized carbons (Fsp3) is 0.355. The first-order valence-corrected chi connectivity index (χ1v) is 15.3. The molecular formula is C31H36FN3O5S. The largest absolute Gasteiger partial charge is 0.459 e. The number of fused-ring (bicyclic) bond motifs is 4. The van der Waals surface area contributed by atoms with Crippen LogP contribution in [0.4, 0.5) is 10.1 Å². The third kappa shape index (κ3) is 7.31. The fourth-order valence-electron chi connectivity index (χ4n) is 4.97. The summed E-state index contributed by atoms with van der Waals surface area (Å²) < 4.78 is 45.1. The third-order valence-corrected chi connectivity index (χ3v) is 8.64. The minimum absolute atomic E-state index is 0.203. The molecule has 0 fully saturated rings. The fourth-order valence-corrected chi connectivity index (χ4v) is 5.46. The highest BCUT2D eigenvalue weighted by Gasteiger charge is 2.31. The molecule has 3 aromatic rings. The molecular weight excluding hydrogens is 545 g/mol. The maximum Gasteiger partial charge on any atom is 0.326 e. The van der Waals surface area contributed by atoms with Crippen LogP contribution in [0.15, 0.2) is 66.7 Å². The number of ether oxygens (including phenoxy) is 1. The number of nitrogens with zero attached hydrogens (tertiary/aromatic N) is 2. The summed E-state index contributed by atoms with van der Waals surface area (Å²) in [6.45, 7) is 3.68. The molecule has 1 aliphatic heterocycles. The van der Waals surface area contributed by atoms with Crippen LogP contribution in [0.3, 0.4) is 0 Å². The molecule has 2 atom stereocenters. The molecule has 3 aromatic carbocycles. The van der Waals surface area contributed by atoms with Crippen LogP contribution < -0.4 is 10.0 Å². The first-order chi connectivity index (χ1) is 19.2. The van der Waals surface area contributed by atoms with Crippen molar-refractivity contribution >= 4 is 27.6 Å². The van der Waals surface area contributed by atoms with Gasteiger partial charge in [-0.25, -0.2) is 12.8 Å². The molecule has 0 aliphatic carbocycles. The number of amides is 1. The topological polar surface area (TPSA) is 110 Å². The van der Waals surface area contributed by atoms with Crippen LogP contribution in [0.25, 0.3) is 0 Å². The Kier molecular flexibility index (Phi) is 8.84. The van der Waals surface area contributed by atoms with E-state index in [2.05, 4.69) is 0 Å². The number of cyclic esters (lactones) is 1. The van der Waals surface area contributed by atoms with E-state index in [1.807, 2.05) is 31.2 Å². The molecule has 0 radical (unpaired) electrons. The predicted molar refractivity (Wildman–Crippen MR) is 156 cm³/mol. The van der Waals surface area contributed by atoms with E-state index in [9.17, 15) is 22.4 Å². The van der Waals surface area contributed by atoms with E-state index in [0.717, 1.165) is 27.3 Å². The Balaban J connectivity index is 1.80. The van der Waals surface area contributed by atoms with Gasteiger partial charge in [-0.05, 0) is 79.3 Å². The molecule has 1 heterocycles. The summed E-state index contributed by atoms with van der Waals surface area (Å²) in [5, 5.41) is 0. The lowest BCUT2D eigenvalue weighted by Crippen LogP contribution is -2.48. The van der Waals surface area contributed by atoms with E-state index in [1.165, 1.54) is 25.2 Å². The molecule has 8 nitrogen and oxygen atoms in total. The average Bonchev–Trinajstić information content (AvgIpc) is 2.92. The van der Waals surface area contributed by atoms with Crippen LogP contribution in [-0.2, 0) is 39.0 Å². The molecule has 0 aromatic heterocycles. The highest BCUT2D eigenvalue weighted by Crippen LogP contribution is 2.28. The monoisotopic (exact) mass is 581 g/mol. The first kappa shape index (κ1) is 30.2. The lowest BCUT2D eigenvalue weighted by Gasteiger charge is -2.31. The molecule has 10 heteroatoms. The molecule has 2 N–H and O–H groups in total. The summed E-state index contributed by atoms with van der Waals surface area (Å²) in [5.74, 6) is -1.32. The van der Waals surface area contributed by atoms with Crippen molar-refractivity contribution in [2.75, 3.05) is 24.2 Å². The second kappa shape index (κ2) is 12.0. The van der Waals surface area contributed by atoms with Gasteiger partial charge in [-0.15, -0.1) is 0 Å². The Bertz CT molecular complexity index is 1540. The minimum atomic E-state index is -3.65. The lowest BCUT2D eigenvalue weighted by atomic mass is 9.92. The van der Waals surface area contributed by atoms with Crippen LogP contribution in [0.2, 0.25) is 0 Å². The van der Waals surface area contributed by atoms with Crippen LogP contribution in [0, 0.1) is 5.82 Å². The van der Waals surface area contributed by atoms with Crippen molar-refractivity contribution in [2.24, 2.45) is 5.73 Å².